The van der Waals surface area contributed by atoms with E-state index in [4.69, 9.17) is 4.52 Å². The van der Waals surface area contributed by atoms with Crippen molar-refractivity contribution in [3.05, 3.63) is 42.4 Å². The highest BCUT2D eigenvalue weighted by Crippen LogP contribution is 2.24. The standard InChI is InChI=1S/C21H26N6O2/c1-14-6-5-9-26(11-14)19(28)16-12-27(13-23-16)17-10-15(7-8-22-17)18-24-20(25-29-18)21(2,3)4/h7-8,10,12-14H,5-6,9,11H2,1-4H3/t14-/m0/s1. The highest BCUT2D eigenvalue weighted by molar-refractivity contribution is 5.92. The molecule has 0 aromatic carbocycles. The van der Waals surface area contributed by atoms with Crippen LogP contribution in [-0.2, 0) is 5.41 Å². The molecule has 0 unspecified atom stereocenters. The van der Waals surface area contributed by atoms with Crippen molar-refractivity contribution in [3.63, 3.8) is 0 Å². The molecule has 0 saturated carbocycles. The molecular formula is C21H26N6O2. The third kappa shape index (κ3) is 4.06. The van der Waals surface area contributed by atoms with E-state index < -0.39 is 0 Å². The number of amides is 1. The second-order valence-electron chi connectivity index (χ2n) is 8.74. The average Bonchev–Trinajstić information content (AvgIpc) is 3.37. The number of carbonyl (C=O) groups excluding carboxylic acids is 1. The molecule has 3 aromatic rings. The number of pyridine rings is 1. The number of rotatable bonds is 3. The van der Waals surface area contributed by atoms with Gasteiger partial charge in [0, 0.05) is 36.5 Å². The Kier molecular flexibility index (Phi) is 4.94. The fourth-order valence-corrected chi connectivity index (χ4v) is 3.43. The Morgan fingerprint density at radius 1 is 1.28 bits per heavy atom. The highest BCUT2D eigenvalue weighted by atomic mass is 16.5. The van der Waals surface area contributed by atoms with Crippen LogP contribution in [0.25, 0.3) is 17.3 Å². The van der Waals surface area contributed by atoms with Gasteiger partial charge in [-0.15, -0.1) is 0 Å². The Morgan fingerprint density at radius 2 is 2.10 bits per heavy atom. The first kappa shape index (κ1) is 19.3. The molecule has 0 bridgehead atoms. The smallest absolute Gasteiger partial charge is 0.274 e. The monoisotopic (exact) mass is 394 g/mol. The molecule has 1 aliphatic rings. The molecule has 4 heterocycles. The van der Waals surface area contributed by atoms with Crippen LogP contribution >= 0.6 is 0 Å². The van der Waals surface area contributed by atoms with Crippen molar-refractivity contribution in [3.8, 4) is 17.3 Å². The Morgan fingerprint density at radius 3 is 2.83 bits per heavy atom. The first-order valence-corrected chi connectivity index (χ1v) is 9.95. The number of imidazole rings is 1. The largest absolute Gasteiger partial charge is 0.337 e. The van der Waals surface area contributed by atoms with Gasteiger partial charge >= 0.3 is 0 Å². The zero-order chi connectivity index (χ0) is 20.6. The second kappa shape index (κ2) is 7.42. The van der Waals surface area contributed by atoms with Crippen molar-refractivity contribution in [2.75, 3.05) is 13.1 Å². The van der Waals surface area contributed by atoms with Crippen molar-refractivity contribution in [1.29, 1.82) is 0 Å². The first-order chi connectivity index (χ1) is 13.8. The Labute approximate surface area is 170 Å². The molecule has 0 spiro atoms. The van der Waals surface area contributed by atoms with Crippen LogP contribution in [-0.4, -0.2) is 48.6 Å². The zero-order valence-corrected chi connectivity index (χ0v) is 17.3. The first-order valence-electron chi connectivity index (χ1n) is 9.95. The molecule has 8 heteroatoms. The van der Waals surface area contributed by atoms with Gasteiger partial charge in [-0.25, -0.2) is 9.97 Å². The maximum Gasteiger partial charge on any atom is 0.274 e. The summed E-state index contributed by atoms with van der Waals surface area (Å²) in [4.78, 5) is 27.9. The van der Waals surface area contributed by atoms with Crippen molar-refractivity contribution in [2.24, 2.45) is 5.92 Å². The summed E-state index contributed by atoms with van der Waals surface area (Å²) in [6.45, 7) is 9.85. The van der Waals surface area contributed by atoms with Gasteiger partial charge in [0.25, 0.3) is 11.8 Å². The molecule has 1 fully saturated rings. The van der Waals surface area contributed by atoms with E-state index in [1.165, 1.54) is 6.42 Å². The molecule has 0 N–H and O–H groups in total. The lowest BCUT2D eigenvalue weighted by Crippen LogP contribution is -2.39. The number of piperidine rings is 1. The summed E-state index contributed by atoms with van der Waals surface area (Å²) >= 11 is 0. The van der Waals surface area contributed by atoms with E-state index in [1.807, 2.05) is 37.8 Å². The van der Waals surface area contributed by atoms with E-state index in [-0.39, 0.29) is 11.3 Å². The summed E-state index contributed by atoms with van der Waals surface area (Å²) < 4.78 is 7.17. The van der Waals surface area contributed by atoms with Crippen molar-refractivity contribution < 1.29 is 9.32 Å². The zero-order valence-electron chi connectivity index (χ0n) is 17.3. The lowest BCUT2D eigenvalue weighted by molar-refractivity contribution is 0.0677. The Hall–Kier alpha value is -3.03. The van der Waals surface area contributed by atoms with Gasteiger partial charge in [-0.1, -0.05) is 32.9 Å². The van der Waals surface area contributed by atoms with Crippen LogP contribution < -0.4 is 0 Å². The third-order valence-electron chi connectivity index (χ3n) is 5.10. The quantitative estimate of drug-likeness (QED) is 0.675. The van der Waals surface area contributed by atoms with Gasteiger partial charge in [0.1, 0.15) is 17.8 Å². The molecule has 8 nitrogen and oxygen atoms in total. The molecule has 1 aliphatic heterocycles. The SMILES string of the molecule is C[C@H]1CCCN(C(=O)c2cn(-c3cc(-c4nc(C(C)(C)C)no4)ccn3)cn2)C1. The van der Waals surface area contributed by atoms with Crippen LogP contribution in [0.1, 0.15) is 56.8 Å². The minimum atomic E-state index is -0.191. The van der Waals surface area contributed by atoms with Crippen molar-refractivity contribution >= 4 is 5.91 Å². The van der Waals surface area contributed by atoms with Gasteiger partial charge in [-0.2, -0.15) is 4.98 Å². The normalized spacial score (nSPS) is 17.5. The summed E-state index contributed by atoms with van der Waals surface area (Å²) in [6, 6.07) is 3.67. The fourth-order valence-electron chi connectivity index (χ4n) is 3.43. The van der Waals surface area contributed by atoms with Gasteiger partial charge in [0.05, 0.1) is 0 Å². The van der Waals surface area contributed by atoms with E-state index >= 15 is 0 Å². The molecule has 3 aromatic heterocycles. The van der Waals surface area contributed by atoms with Gasteiger partial charge in [-0.05, 0) is 30.9 Å². The van der Waals surface area contributed by atoms with Crippen molar-refractivity contribution in [2.45, 2.75) is 46.0 Å². The molecule has 1 amide bonds. The minimum absolute atomic E-state index is 0.0295. The summed E-state index contributed by atoms with van der Waals surface area (Å²) in [5, 5.41) is 4.08. The molecule has 0 radical (unpaired) electrons. The lowest BCUT2D eigenvalue weighted by atomic mass is 9.96. The Balaban J connectivity index is 1.56. The van der Waals surface area contributed by atoms with Crippen LogP contribution in [0.3, 0.4) is 0 Å². The van der Waals surface area contributed by atoms with Gasteiger partial charge < -0.3 is 9.42 Å². The highest BCUT2D eigenvalue weighted by Gasteiger charge is 2.24. The van der Waals surface area contributed by atoms with Crippen LogP contribution in [0.15, 0.2) is 35.4 Å². The average molecular weight is 394 g/mol. The van der Waals surface area contributed by atoms with E-state index in [0.717, 1.165) is 25.1 Å². The maximum atomic E-state index is 12.8. The minimum Gasteiger partial charge on any atom is -0.337 e. The summed E-state index contributed by atoms with van der Waals surface area (Å²) in [6.07, 6.45) is 7.22. The summed E-state index contributed by atoms with van der Waals surface area (Å²) in [5.41, 5.74) is 1.01. The van der Waals surface area contributed by atoms with Gasteiger partial charge in [0.15, 0.2) is 5.82 Å². The maximum absolute atomic E-state index is 12.8. The molecule has 1 saturated heterocycles. The topological polar surface area (TPSA) is 89.9 Å². The molecule has 29 heavy (non-hydrogen) atoms. The summed E-state index contributed by atoms with van der Waals surface area (Å²) in [7, 11) is 0. The van der Waals surface area contributed by atoms with Crippen LogP contribution in [0.5, 0.6) is 0 Å². The van der Waals surface area contributed by atoms with E-state index in [1.54, 1.807) is 23.3 Å². The van der Waals surface area contributed by atoms with E-state index in [9.17, 15) is 4.79 Å². The Bertz CT molecular complexity index is 1020. The third-order valence-corrected chi connectivity index (χ3v) is 5.10. The predicted molar refractivity (Wildman–Crippen MR) is 108 cm³/mol. The number of hydrogen-bond donors (Lipinski definition) is 0. The van der Waals surface area contributed by atoms with E-state index in [2.05, 4.69) is 27.0 Å². The lowest BCUT2D eigenvalue weighted by Gasteiger charge is -2.30. The van der Waals surface area contributed by atoms with Crippen LogP contribution in [0.4, 0.5) is 0 Å². The fraction of sp³-hybridized carbons (Fsp3) is 0.476. The van der Waals surface area contributed by atoms with Crippen LogP contribution in [0, 0.1) is 5.92 Å². The van der Waals surface area contributed by atoms with Gasteiger partial charge in [0.2, 0.25) is 0 Å². The number of nitrogens with zero attached hydrogens (tertiary/aromatic N) is 6. The number of carbonyl (C=O) groups is 1. The number of likely N-dealkylation sites (tertiary alicyclic amines) is 1. The molecule has 0 aliphatic carbocycles. The number of hydrogen-bond acceptors (Lipinski definition) is 6. The number of aromatic nitrogens is 5. The second-order valence-corrected chi connectivity index (χ2v) is 8.74. The van der Waals surface area contributed by atoms with Gasteiger partial charge in [-0.3, -0.25) is 9.36 Å². The van der Waals surface area contributed by atoms with Crippen LogP contribution in [0.2, 0.25) is 0 Å². The van der Waals surface area contributed by atoms with Crippen molar-refractivity contribution in [1.82, 2.24) is 29.6 Å². The summed E-state index contributed by atoms with van der Waals surface area (Å²) in [5.74, 6) is 2.23. The molecular weight excluding hydrogens is 368 g/mol. The van der Waals surface area contributed by atoms with E-state index in [0.29, 0.717) is 29.1 Å². The molecule has 1 atom stereocenters. The predicted octanol–water partition coefficient (Wildman–Crippen LogP) is 3.49. The molecule has 4 rings (SSSR count). The molecule has 152 valence electrons.